The number of carbonyl (C=O) groups is 2. The number of furan rings is 1. The Morgan fingerprint density at radius 2 is 1.57 bits per heavy atom. The zero-order valence-corrected chi connectivity index (χ0v) is 23.9. The zero-order valence-electron chi connectivity index (χ0n) is 22.3. The Hall–Kier alpha value is -4.44. The smallest absolute Gasteiger partial charge is 0.266 e. The van der Waals surface area contributed by atoms with Crippen LogP contribution in [0, 0.1) is 0 Å². The molecular formula is C32H27ClN2O6S. The van der Waals surface area contributed by atoms with Crippen molar-refractivity contribution in [1.82, 2.24) is 5.32 Å². The second kappa shape index (κ2) is 12.6. The van der Waals surface area contributed by atoms with Crippen LogP contribution < -0.4 is 10.6 Å². The van der Waals surface area contributed by atoms with Crippen LogP contribution in [0.25, 0.3) is 22.3 Å². The average molecular weight is 603 g/mol. The Kier molecular flexibility index (Phi) is 8.72. The van der Waals surface area contributed by atoms with Crippen LogP contribution in [0.4, 0.5) is 5.69 Å². The van der Waals surface area contributed by atoms with Gasteiger partial charge < -0.3 is 15.1 Å². The van der Waals surface area contributed by atoms with Crippen LogP contribution in [0.5, 0.6) is 0 Å². The molecule has 214 valence electrons. The molecule has 2 amide bonds. The van der Waals surface area contributed by atoms with Gasteiger partial charge in [0.2, 0.25) is 5.91 Å². The van der Waals surface area contributed by atoms with Crippen molar-refractivity contribution in [2.24, 2.45) is 0 Å². The molecule has 1 heterocycles. The molecule has 42 heavy (non-hydrogen) atoms. The summed E-state index contributed by atoms with van der Waals surface area (Å²) in [6.07, 6.45) is 0.356. The summed E-state index contributed by atoms with van der Waals surface area (Å²) in [4.78, 5) is 25.9. The minimum absolute atomic E-state index is 0.208. The third-order valence-electron chi connectivity index (χ3n) is 6.75. The number of fused-ring (bicyclic) bond motifs is 1. The molecule has 4 aromatic carbocycles. The standard InChI is InChI=1S/C32H27ClN2O6S/c33-26-13-9-22(10-14-26)28(19-21-5-7-24(8-6-21)31(36)34-17-18-42(38,39)40)32(37)35-27-15-11-23(12-16-27)30-20-25-3-1-2-4-29(25)41-30/h1-16,20,28H,17-19H2,(H,34,36)(H,35,37)(H,38,39,40). The van der Waals surface area contributed by atoms with E-state index in [-0.39, 0.29) is 12.5 Å². The summed E-state index contributed by atoms with van der Waals surface area (Å²) < 4.78 is 36.5. The zero-order chi connectivity index (χ0) is 29.7. The van der Waals surface area contributed by atoms with Gasteiger partial charge in [0.05, 0.1) is 11.7 Å². The quantitative estimate of drug-likeness (QED) is 0.160. The fourth-order valence-electron chi connectivity index (χ4n) is 4.55. The minimum atomic E-state index is -4.17. The maximum Gasteiger partial charge on any atom is 0.266 e. The SMILES string of the molecule is O=C(NCCS(=O)(=O)O)c1ccc(CC(C(=O)Nc2ccc(-c3cc4ccccc4o3)cc2)c2ccc(Cl)cc2)cc1. The van der Waals surface area contributed by atoms with Gasteiger partial charge in [0.15, 0.2) is 0 Å². The molecule has 3 N–H and O–H groups in total. The van der Waals surface area contributed by atoms with Crippen molar-refractivity contribution in [2.45, 2.75) is 12.3 Å². The highest BCUT2D eigenvalue weighted by molar-refractivity contribution is 7.85. The van der Waals surface area contributed by atoms with E-state index in [2.05, 4.69) is 10.6 Å². The van der Waals surface area contributed by atoms with Gasteiger partial charge in [-0.25, -0.2) is 0 Å². The molecule has 0 fully saturated rings. The van der Waals surface area contributed by atoms with Gasteiger partial charge in [-0.1, -0.05) is 54.1 Å². The molecule has 8 nitrogen and oxygen atoms in total. The van der Waals surface area contributed by atoms with Crippen molar-refractivity contribution in [3.63, 3.8) is 0 Å². The van der Waals surface area contributed by atoms with Crippen molar-refractivity contribution < 1.29 is 27.0 Å². The van der Waals surface area contributed by atoms with Crippen LogP contribution in [0.3, 0.4) is 0 Å². The molecule has 0 aliphatic carbocycles. The summed E-state index contributed by atoms with van der Waals surface area (Å²) in [5.41, 5.74) is 4.26. The van der Waals surface area contributed by atoms with Crippen LogP contribution >= 0.6 is 11.6 Å². The van der Waals surface area contributed by atoms with Gasteiger partial charge >= 0.3 is 0 Å². The lowest BCUT2D eigenvalue weighted by molar-refractivity contribution is -0.117. The van der Waals surface area contributed by atoms with Crippen LogP contribution in [0.15, 0.2) is 108 Å². The van der Waals surface area contributed by atoms with Crippen LogP contribution in [0.1, 0.15) is 27.4 Å². The molecule has 0 saturated carbocycles. The molecule has 10 heteroatoms. The van der Waals surface area contributed by atoms with Crippen molar-refractivity contribution in [3.05, 3.63) is 125 Å². The highest BCUT2D eigenvalue weighted by Crippen LogP contribution is 2.29. The maximum atomic E-state index is 13.6. The number of nitrogens with one attached hydrogen (secondary N) is 2. The number of halogens is 1. The molecule has 1 unspecified atom stereocenters. The fraction of sp³-hybridized carbons (Fsp3) is 0.125. The Bertz CT molecular complexity index is 1780. The monoisotopic (exact) mass is 602 g/mol. The third-order valence-corrected chi connectivity index (χ3v) is 7.72. The second-order valence-corrected chi connectivity index (χ2v) is 11.8. The summed E-state index contributed by atoms with van der Waals surface area (Å²) in [7, 11) is -4.17. The molecule has 0 aliphatic rings. The molecule has 0 radical (unpaired) electrons. The summed E-state index contributed by atoms with van der Waals surface area (Å²) in [5, 5.41) is 7.04. The fourth-order valence-corrected chi connectivity index (χ4v) is 5.04. The molecule has 1 aromatic heterocycles. The van der Waals surface area contributed by atoms with Gasteiger partial charge in [0.25, 0.3) is 16.0 Å². The Morgan fingerprint density at radius 1 is 0.881 bits per heavy atom. The number of carbonyl (C=O) groups excluding carboxylic acids is 2. The second-order valence-electron chi connectivity index (χ2n) is 9.76. The van der Waals surface area contributed by atoms with Crippen LogP contribution in [-0.4, -0.2) is 37.1 Å². The summed E-state index contributed by atoms with van der Waals surface area (Å²) in [5.74, 6) is -1.06. The number of rotatable bonds is 10. The molecule has 0 saturated heterocycles. The number of benzene rings is 4. The number of anilines is 1. The lowest BCUT2D eigenvalue weighted by Crippen LogP contribution is -2.28. The van der Waals surface area contributed by atoms with E-state index in [9.17, 15) is 18.0 Å². The number of amides is 2. The van der Waals surface area contributed by atoms with Gasteiger partial charge in [-0.3, -0.25) is 14.1 Å². The van der Waals surface area contributed by atoms with Gasteiger partial charge in [-0.05, 0) is 78.2 Å². The normalized spacial score (nSPS) is 12.1. The molecular weight excluding hydrogens is 576 g/mol. The van der Waals surface area contributed by atoms with Crippen molar-refractivity contribution in [3.8, 4) is 11.3 Å². The van der Waals surface area contributed by atoms with Gasteiger partial charge in [0.1, 0.15) is 11.3 Å². The van der Waals surface area contributed by atoms with Gasteiger partial charge in [-0.15, -0.1) is 0 Å². The van der Waals surface area contributed by atoms with E-state index in [0.29, 0.717) is 22.7 Å². The maximum absolute atomic E-state index is 13.6. The summed E-state index contributed by atoms with van der Waals surface area (Å²) in [6, 6.07) is 31.0. The number of para-hydroxylation sites is 1. The first kappa shape index (κ1) is 29.1. The number of hydrogen-bond donors (Lipinski definition) is 3. The third kappa shape index (κ3) is 7.44. The van der Waals surface area contributed by atoms with E-state index < -0.39 is 27.7 Å². The van der Waals surface area contributed by atoms with Gasteiger partial charge in [-0.2, -0.15) is 8.42 Å². The Labute approximate surface area is 248 Å². The predicted octanol–water partition coefficient (Wildman–Crippen LogP) is 6.34. The van der Waals surface area contributed by atoms with E-state index in [1.165, 1.54) is 0 Å². The highest BCUT2D eigenvalue weighted by Gasteiger charge is 2.22. The molecule has 0 aliphatic heterocycles. The molecule has 5 rings (SSSR count). The first-order valence-electron chi connectivity index (χ1n) is 13.1. The van der Waals surface area contributed by atoms with E-state index >= 15 is 0 Å². The average Bonchev–Trinajstić information content (AvgIpc) is 3.41. The predicted molar refractivity (Wildman–Crippen MR) is 163 cm³/mol. The number of hydrogen-bond acceptors (Lipinski definition) is 5. The lowest BCUT2D eigenvalue weighted by atomic mass is 9.90. The lowest BCUT2D eigenvalue weighted by Gasteiger charge is -2.18. The topological polar surface area (TPSA) is 126 Å². The summed E-state index contributed by atoms with van der Waals surface area (Å²) in [6.45, 7) is -0.211. The van der Waals surface area contributed by atoms with E-state index in [1.54, 1.807) is 36.4 Å². The van der Waals surface area contributed by atoms with E-state index in [1.807, 2.05) is 66.7 Å². The van der Waals surface area contributed by atoms with E-state index in [4.69, 9.17) is 20.6 Å². The molecule has 5 aromatic rings. The van der Waals surface area contributed by atoms with Crippen LogP contribution in [-0.2, 0) is 21.3 Å². The molecule has 0 spiro atoms. The van der Waals surface area contributed by atoms with Gasteiger partial charge in [0, 0.05) is 33.8 Å². The van der Waals surface area contributed by atoms with Crippen LogP contribution in [0.2, 0.25) is 5.02 Å². The van der Waals surface area contributed by atoms with E-state index in [0.717, 1.165) is 33.4 Å². The van der Waals surface area contributed by atoms with Crippen molar-refractivity contribution in [1.29, 1.82) is 0 Å². The first-order valence-corrected chi connectivity index (χ1v) is 15.1. The Morgan fingerprint density at radius 3 is 2.24 bits per heavy atom. The largest absolute Gasteiger partial charge is 0.456 e. The van der Waals surface area contributed by atoms with Crippen molar-refractivity contribution >= 4 is 50.2 Å². The highest BCUT2D eigenvalue weighted by atomic mass is 35.5. The summed E-state index contributed by atoms with van der Waals surface area (Å²) >= 11 is 6.09. The first-order chi connectivity index (χ1) is 20.1. The minimum Gasteiger partial charge on any atom is -0.456 e. The molecule has 0 bridgehead atoms. The van der Waals surface area contributed by atoms with Crippen molar-refractivity contribution in [2.75, 3.05) is 17.6 Å². The molecule has 1 atom stereocenters. The Balaban J connectivity index is 1.29.